The minimum absolute atomic E-state index is 0.172. The van der Waals surface area contributed by atoms with Gasteiger partial charge < -0.3 is 10.0 Å². The Kier molecular flexibility index (Phi) is 20.1. The highest BCUT2D eigenvalue weighted by Crippen LogP contribution is 2.10. The van der Waals surface area contributed by atoms with E-state index in [2.05, 4.69) is 6.92 Å². The molecule has 24 heavy (non-hydrogen) atoms. The zero-order valence-corrected chi connectivity index (χ0v) is 17.4. The summed E-state index contributed by atoms with van der Waals surface area (Å²) in [5.41, 5.74) is 0.395. The Morgan fingerprint density at radius 2 is 1.42 bits per heavy atom. The zero-order valence-electron chi connectivity index (χ0n) is 16.6. The van der Waals surface area contributed by atoms with Gasteiger partial charge in [0.2, 0.25) is 0 Å². The van der Waals surface area contributed by atoms with Gasteiger partial charge in [0.25, 0.3) is 0 Å². The number of likely N-dealkylation sites (N-methyl/N-ethyl adjacent to an activating group) is 1. The second-order valence-corrected chi connectivity index (χ2v) is 7.11. The van der Waals surface area contributed by atoms with Crippen LogP contribution in [-0.4, -0.2) is 42.0 Å². The number of halogens is 1. The summed E-state index contributed by atoms with van der Waals surface area (Å²) in [4.78, 5) is 12.3. The lowest BCUT2D eigenvalue weighted by molar-refractivity contribution is -0.132. The van der Waals surface area contributed by atoms with Crippen molar-refractivity contribution in [2.45, 2.75) is 91.0 Å². The van der Waals surface area contributed by atoms with Crippen LogP contribution in [0.25, 0.3) is 0 Å². The van der Waals surface area contributed by atoms with E-state index in [1.54, 1.807) is 13.0 Å². The molecule has 1 unspecified atom stereocenters. The molecule has 0 fully saturated rings. The fourth-order valence-electron chi connectivity index (χ4n) is 2.16. The molecule has 0 saturated carbocycles. The lowest BCUT2D eigenvalue weighted by Crippen LogP contribution is -2.23. The van der Waals surface area contributed by atoms with Crippen LogP contribution in [0.3, 0.4) is 0 Å². The lowest BCUT2D eigenvalue weighted by Gasteiger charge is -2.15. The number of hydrogen-bond acceptors (Lipinski definition) is 2. The van der Waals surface area contributed by atoms with Crippen molar-refractivity contribution < 1.29 is 9.90 Å². The van der Waals surface area contributed by atoms with Crippen LogP contribution in [0.1, 0.15) is 85.0 Å². The van der Waals surface area contributed by atoms with Gasteiger partial charge >= 0.3 is 5.97 Å². The van der Waals surface area contributed by atoms with Crippen LogP contribution >= 0.6 is 11.6 Å². The third kappa shape index (κ3) is 19.5. The van der Waals surface area contributed by atoms with Crippen molar-refractivity contribution in [1.82, 2.24) is 4.90 Å². The second-order valence-electron chi connectivity index (χ2n) is 6.73. The molecule has 0 bridgehead atoms. The van der Waals surface area contributed by atoms with Gasteiger partial charge in [0.15, 0.2) is 0 Å². The van der Waals surface area contributed by atoms with Crippen molar-refractivity contribution >= 4 is 17.6 Å². The van der Waals surface area contributed by atoms with Gasteiger partial charge in [-0.15, -0.1) is 11.6 Å². The summed E-state index contributed by atoms with van der Waals surface area (Å²) in [6.45, 7) is 5.82. The van der Waals surface area contributed by atoms with Crippen LogP contribution in [0.2, 0.25) is 0 Å². The molecule has 0 rings (SSSR count). The molecule has 144 valence electrons. The maximum atomic E-state index is 10.4. The van der Waals surface area contributed by atoms with E-state index in [4.69, 9.17) is 16.7 Å². The van der Waals surface area contributed by atoms with Crippen molar-refractivity contribution in [3.63, 3.8) is 0 Å². The smallest absolute Gasteiger partial charge is 0.331 e. The fourth-order valence-corrected chi connectivity index (χ4v) is 2.35. The monoisotopic (exact) mass is 361 g/mol. The number of nitrogens with zero attached hydrogens (tertiary/aromatic N) is 1. The Bertz CT molecular complexity index is 307. The van der Waals surface area contributed by atoms with Crippen molar-refractivity contribution in [1.29, 1.82) is 0 Å². The summed E-state index contributed by atoms with van der Waals surface area (Å²) < 4.78 is 0. The Labute approximate surface area is 155 Å². The molecule has 0 amide bonds. The standard InChI is InChI=1S/C12H25Cl.C8H15NO2/c1-2-3-4-5-6-7-8-9-10-11-12-13;1-6(8(10)11)5-7(2)9(3)4/h2-12H2,1H3;5,7H,1-4H3,(H,10,11). The van der Waals surface area contributed by atoms with E-state index in [0.717, 1.165) is 5.88 Å². The highest BCUT2D eigenvalue weighted by Gasteiger charge is 2.04. The number of carbonyl (C=O) groups is 1. The highest BCUT2D eigenvalue weighted by atomic mass is 35.5. The molecule has 0 aliphatic rings. The van der Waals surface area contributed by atoms with Crippen molar-refractivity contribution in [2.24, 2.45) is 0 Å². The van der Waals surface area contributed by atoms with Crippen LogP contribution in [0, 0.1) is 0 Å². The Morgan fingerprint density at radius 3 is 1.75 bits per heavy atom. The molecule has 4 heteroatoms. The summed E-state index contributed by atoms with van der Waals surface area (Å²) >= 11 is 5.60. The average Bonchev–Trinajstić information content (AvgIpc) is 2.53. The summed E-state index contributed by atoms with van der Waals surface area (Å²) in [5.74, 6) is -0.00468. The van der Waals surface area contributed by atoms with Gasteiger partial charge in [-0.05, 0) is 34.4 Å². The predicted molar refractivity (Wildman–Crippen MR) is 107 cm³/mol. The fraction of sp³-hybridized carbons (Fsp3) is 0.850. The van der Waals surface area contributed by atoms with Crippen LogP contribution in [0.5, 0.6) is 0 Å². The van der Waals surface area contributed by atoms with Crippen molar-refractivity contribution in [3.8, 4) is 0 Å². The summed E-state index contributed by atoms with van der Waals surface area (Å²) in [5, 5.41) is 8.53. The molecule has 3 nitrogen and oxygen atoms in total. The van der Waals surface area contributed by atoms with Crippen molar-refractivity contribution in [3.05, 3.63) is 11.6 Å². The second kappa shape index (κ2) is 18.8. The van der Waals surface area contributed by atoms with E-state index >= 15 is 0 Å². The highest BCUT2D eigenvalue weighted by molar-refractivity contribution is 6.17. The van der Waals surface area contributed by atoms with Gasteiger partial charge in [-0.25, -0.2) is 4.79 Å². The summed E-state index contributed by atoms with van der Waals surface area (Å²) in [6.07, 6.45) is 15.6. The Hall–Kier alpha value is -0.540. The largest absolute Gasteiger partial charge is 0.478 e. The van der Waals surface area contributed by atoms with E-state index in [1.165, 1.54) is 64.2 Å². The molecule has 0 heterocycles. The van der Waals surface area contributed by atoms with E-state index in [-0.39, 0.29) is 6.04 Å². The maximum Gasteiger partial charge on any atom is 0.331 e. The summed E-state index contributed by atoms with van der Waals surface area (Å²) in [7, 11) is 3.83. The predicted octanol–water partition coefficient (Wildman–Crippen LogP) is 6.11. The average molecular weight is 362 g/mol. The van der Waals surface area contributed by atoms with Crippen LogP contribution < -0.4 is 0 Å². The number of unbranched alkanes of at least 4 members (excludes halogenated alkanes) is 9. The molecule has 0 spiro atoms. The third-order valence-electron chi connectivity index (χ3n) is 4.13. The zero-order chi connectivity index (χ0) is 18.8. The third-order valence-corrected chi connectivity index (χ3v) is 4.40. The Morgan fingerprint density at radius 1 is 1.00 bits per heavy atom. The maximum absolute atomic E-state index is 10.4. The lowest BCUT2D eigenvalue weighted by atomic mass is 10.1. The first-order valence-corrected chi connectivity index (χ1v) is 10.0. The minimum Gasteiger partial charge on any atom is -0.478 e. The Balaban J connectivity index is 0. The first kappa shape index (κ1) is 25.7. The van der Waals surface area contributed by atoms with Gasteiger partial charge in [-0.2, -0.15) is 0 Å². The number of rotatable bonds is 13. The van der Waals surface area contributed by atoms with Crippen LogP contribution in [-0.2, 0) is 4.79 Å². The molecular weight excluding hydrogens is 322 g/mol. The van der Waals surface area contributed by atoms with E-state index < -0.39 is 5.97 Å². The number of carboxylic acid groups (broad SMARTS) is 1. The molecule has 1 N–H and O–H groups in total. The minimum atomic E-state index is -0.848. The van der Waals surface area contributed by atoms with E-state index in [0.29, 0.717) is 5.57 Å². The normalized spacial score (nSPS) is 12.7. The summed E-state index contributed by atoms with van der Waals surface area (Å²) in [6, 6.07) is 0.172. The number of carboxylic acids is 1. The molecule has 1 atom stereocenters. The number of aliphatic carboxylic acids is 1. The van der Waals surface area contributed by atoms with E-state index in [1.807, 2.05) is 25.9 Å². The van der Waals surface area contributed by atoms with Gasteiger partial charge in [0.05, 0.1) is 0 Å². The molecule has 0 radical (unpaired) electrons. The molecule has 0 saturated heterocycles. The molecule has 0 aromatic carbocycles. The van der Waals surface area contributed by atoms with Gasteiger partial charge in [-0.1, -0.05) is 70.8 Å². The van der Waals surface area contributed by atoms with Crippen molar-refractivity contribution in [2.75, 3.05) is 20.0 Å². The quantitative estimate of drug-likeness (QED) is 0.244. The number of hydrogen-bond donors (Lipinski definition) is 1. The molecule has 0 aliphatic carbocycles. The molecule has 0 aromatic heterocycles. The van der Waals surface area contributed by atoms with E-state index in [9.17, 15) is 4.79 Å². The first-order valence-electron chi connectivity index (χ1n) is 9.50. The first-order chi connectivity index (χ1) is 11.4. The molecule has 0 aliphatic heterocycles. The van der Waals surface area contributed by atoms with Crippen LogP contribution in [0.15, 0.2) is 11.6 Å². The van der Waals surface area contributed by atoms with Gasteiger partial charge in [0.1, 0.15) is 0 Å². The topological polar surface area (TPSA) is 40.5 Å². The molecular formula is C20H40ClNO2. The number of alkyl halides is 1. The van der Waals surface area contributed by atoms with Crippen LogP contribution in [0.4, 0.5) is 0 Å². The SMILES string of the molecule is CC(=CC(C)N(C)C)C(=O)O.CCCCCCCCCCCCCl. The molecule has 0 aromatic rings. The van der Waals surface area contributed by atoms with Gasteiger partial charge in [-0.3, -0.25) is 0 Å². The van der Waals surface area contributed by atoms with Gasteiger partial charge in [0, 0.05) is 17.5 Å².